The lowest BCUT2D eigenvalue weighted by Gasteiger charge is -2.17. The van der Waals surface area contributed by atoms with E-state index >= 15 is 0 Å². The molecule has 5 N–H and O–H groups in total. The van der Waals surface area contributed by atoms with Gasteiger partial charge < -0.3 is 30.7 Å². The van der Waals surface area contributed by atoms with Crippen LogP contribution in [-0.2, 0) is 41.9 Å². The minimum atomic E-state index is -0.312. The van der Waals surface area contributed by atoms with E-state index in [0.29, 0.717) is 45.1 Å². The summed E-state index contributed by atoms with van der Waals surface area (Å²) in [6.07, 6.45) is 3.30. The molecular weight excluding hydrogens is 640 g/mol. The molecule has 5 aromatic carbocycles. The summed E-state index contributed by atoms with van der Waals surface area (Å²) in [5, 5.41) is 34.1. The van der Waals surface area contributed by atoms with Crippen LogP contribution < -0.4 is 15.4 Å². The van der Waals surface area contributed by atoms with E-state index in [1.54, 1.807) is 24.3 Å². The highest BCUT2D eigenvalue weighted by atomic mass is 16.5. The molecule has 0 aromatic heterocycles. The molecule has 0 aliphatic heterocycles. The third-order valence-electron chi connectivity index (χ3n) is 8.21. The van der Waals surface area contributed by atoms with Crippen molar-refractivity contribution in [2.45, 2.75) is 57.2 Å². The van der Waals surface area contributed by atoms with Crippen LogP contribution in [0.25, 0.3) is 0 Å². The van der Waals surface area contributed by atoms with Crippen LogP contribution in [0.2, 0.25) is 0 Å². The predicted molar refractivity (Wildman–Crippen MR) is 200 cm³/mol. The number of carbonyl (C=O) groups is 2. The Morgan fingerprint density at radius 3 is 1.31 bits per heavy atom. The first-order valence-electron chi connectivity index (χ1n) is 17.3. The topological polar surface area (TPSA) is 128 Å². The number of aromatic hydroxyl groups is 1. The van der Waals surface area contributed by atoms with Crippen molar-refractivity contribution in [2.24, 2.45) is 0 Å². The Morgan fingerprint density at radius 1 is 0.510 bits per heavy atom. The van der Waals surface area contributed by atoms with Crippen molar-refractivity contribution < 1.29 is 29.6 Å². The zero-order valence-corrected chi connectivity index (χ0v) is 28.9. The van der Waals surface area contributed by atoms with Crippen LogP contribution in [0.4, 0.5) is 0 Å². The summed E-state index contributed by atoms with van der Waals surface area (Å²) >= 11 is 0. The third-order valence-corrected chi connectivity index (χ3v) is 8.21. The maximum absolute atomic E-state index is 12.2. The van der Waals surface area contributed by atoms with Gasteiger partial charge in [-0.3, -0.25) is 9.59 Å². The molecule has 8 nitrogen and oxygen atoms in total. The maximum atomic E-state index is 12.2. The number of aliphatic hydroxyl groups is 2. The van der Waals surface area contributed by atoms with E-state index in [-0.39, 0.29) is 42.9 Å². The first kappa shape index (κ1) is 38.4. The van der Waals surface area contributed by atoms with Gasteiger partial charge in [0.2, 0.25) is 11.8 Å². The molecule has 0 unspecified atom stereocenters. The van der Waals surface area contributed by atoms with Crippen LogP contribution in [0.3, 0.4) is 0 Å². The minimum absolute atomic E-state index is 0.0456. The maximum Gasteiger partial charge on any atom is 0.220 e. The highest BCUT2D eigenvalue weighted by Gasteiger charge is 2.14. The summed E-state index contributed by atoms with van der Waals surface area (Å²) < 4.78 is 5.80. The van der Waals surface area contributed by atoms with Gasteiger partial charge in [0.05, 0.1) is 25.3 Å². The molecule has 266 valence electrons. The molecule has 2 atom stereocenters. The molecule has 0 spiro atoms. The molecule has 0 aliphatic rings. The summed E-state index contributed by atoms with van der Waals surface area (Å²) in [4.78, 5) is 24.2. The predicted octanol–water partition coefficient (Wildman–Crippen LogP) is 5.96. The summed E-state index contributed by atoms with van der Waals surface area (Å²) in [7, 11) is 0. The Kier molecular flexibility index (Phi) is 16.3. The lowest BCUT2D eigenvalue weighted by Crippen LogP contribution is -2.39. The van der Waals surface area contributed by atoms with Gasteiger partial charge in [0.25, 0.3) is 0 Å². The molecule has 0 radical (unpaired) electrons. The average molecular weight is 689 g/mol. The number of rotatable bonds is 17. The number of amides is 2. The van der Waals surface area contributed by atoms with Crippen LogP contribution in [0.5, 0.6) is 11.5 Å². The van der Waals surface area contributed by atoms with Crippen LogP contribution in [0.1, 0.15) is 40.7 Å². The molecule has 2 amide bonds. The first-order chi connectivity index (χ1) is 24.9. The van der Waals surface area contributed by atoms with Crippen molar-refractivity contribution in [1.82, 2.24) is 10.6 Å². The van der Waals surface area contributed by atoms with Crippen molar-refractivity contribution in [3.05, 3.63) is 167 Å². The number of hydrogen-bond donors (Lipinski definition) is 5. The second kappa shape index (κ2) is 21.6. The van der Waals surface area contributed by atoms with Crippen LogP contribution >= 0.6 is 0 Å². The molecule has 5 aromatic rings. The van der Waals surface area contributed by atoms with Gasteiger partial charge in [0.15, 0.2) is 0 Å². The fraction of sp³-hybridized carbons (Fsp3) is 0.256. The molecule has 5 rings (SSSR count). The fourth-order valence-corrected chi connectivity index (χ4v) is 5.39. The van der Waals surface area contributed by atoms with Crippen LogP contribution in [-0.4, -0.2) is 52.4 Å². The Balaban J connectivity index is 0.000000238. The number of ether oxygens (including phenoxy) is 1. The number of aliphatic hydroxyl groups excluding tert-OH is 2. The van der Waals surface area contributed by atoms with Gasteiger partial charge in [-0.2, -0.15) is 0 Å². The monoisotopic (exact) mass is 688 g/mol. The lowest BCUT2D eigenvalue weighted by atomic mass is 10.1. The normalized spacial score (nSPS) is 11.7. The zero-order chi connectivity index (χ0) is 36.1. The molecule has 8 heteroatoms. The molecule has 0 heterocycles. The van der Waals surface area contributed by atoms with E-state index in [4.69, 9.17) is 4.74 Å². The van der Waals surface area contributed by atoms with E-state index in [0.717, 1.165) is 33.6 Å². The highest BCUT2D eigenvalue weighted by molar-refractivity contribution is 5.77. The Bertz CT molecular complexity index is 1700. The number of phenolic OH excluding ortho intramolecular Hbond substituents is 1. The second-order valence-electron chi connectivity index (χ2n) is 12.4. The number of nitrogens with one attached hydrogen (secondary N) is 2. The van der Waals surface area contributed by atoms with E-state index < -0.39 is 0 Å². The average Bonchev–Trinajstić information content (AvgIpc) is 3.17. The molecule has 0 aliphatic carbocycles. The van der Waals surface area contributed by atoms with Crippen molar-refractivity contribution in [3.63, 3.8) is 0 Å². The molecule has 0 saturated carbocycles. The minimum Gasteiger partial charge on any atom is -0.508 e. The molecule has 0 fully saturated rings. The summed E-state index contributed by atoms with van der Waals surface area (Å²) in [5.74, 6) is 0.888. The third kappa shape index (κ3) is 14.9. The fourth-order valence-electron chi connectivity index (χ4n) is 5.39. The van der Waals surface area contributed by atoms with E-state index in [1.807, 2.05) is 115 Å². The Morgan fingerprint density at radius 2 is 0.902 bits per heavy atom. The number of phenols is 1. The van der Waals surface area contributed by atoms with Crippen molar-refractivity contribution in [3.8, 4) is 11.5 Å². The van der Waals surface area contributed by atoms with Crippen LogP contribution in [0, 0.1) is 0 Å². The summed E-state index contributed by atoms with van der Waals surface area (Å²) in [6.45, 7) is 0.318. The highest BCUT2D eigenvalue weighted by Crippen LogP contribution is 2.16. The SMILES string of the molecule is O=C(CCc1ccccc1)N[C@H](CO)Cc1ccc(O)cc1.O=C(CCc1ccccc1)N[C@H](CO)Cc1ccc(OCc2ccccc2)cc1. The van der Waals surface area contributed by atoms with Gasteiger partial charge in [0, 0.05) is 12.8 Å². The van der Waals surface area contributed by atoms with Crippen molar-refractivity contribution >= 4 is 11.8 Å². The van der Waals surface area contributed by atoms with Crippen molar-refractivity contribution in [1.29, 1.82) is 0 Å². The number of aryl methyl sites for hydroxylation is 2. The zero-order valence-electron chi connectivity index (χ0n) is 28.9. The molecule has 0 saturated heterocycles. The Hall–Kier alpha value is -5.44. The van der Waals surface area contributed by atoms with E-state index in [1.165, 1.54) is 0 Å². The van der Waals surface area contributed by atoms with E-state index in [2.05, 4.69) is 10.6 Å². The van der Waals surface area contributed by atoms with Gasteiger partial charge in [-0.25, -0.2) is 0 Å². The first-order valence-corrected chi connectivity index (χ1v) is 17.3. The van der Waals surface area contributed by atoms with Crippen molar-refractivity contribution in [2.75, 3.05) is 13.2 Å². The summed E-state index contributed by atoms with van der Waals surface area (Å²) in [5.41, 5.74) is 5.38. The van der Waals surface area contributed by atoms with Gasteiger partial charge in [-0.1, -0.05) is 115 Å². The standard InChI is InChI=1S/C25H27NO3.C18H21NO3/c27-18-23(26-25(28)16-13-20-7-3-1-4-8-20)17-21-11-14-24(15-12-21)29-19-22-9-5-2-6-10-22;20-13-16(12-15-6-9-17(21)10-7-15)19-18(22)11-8-14-4-2-1-3-5-14/h1-12,14-15,23,27H,13,16-19H2,(H,26,28);1-7,9-10,16,20-21H,8,11-13H2,(H,19,22)/t23-;16-/m00/s1. The largest absolute Gasteiger partial charge is 0.508 e. The van der Waals surface area contributed by atoms with Gasteiger partial charge in [-0.15, -0.1) is 0 Å². The Labute approximate surface area is 300 Å². The molecule has 51 heavy (non-hydrogen) atoms. The lowest BCUT2D eigenvalue weighted by molar-refractivity contribution is -0.122. The summed E-state index contributed by atoms with van der Waals surface area (Å²) in [6, 6.07) is 43.7. The van der Waals surface area contributed by atoms with Crippen LogP contribution in [0.15, 0.2) is 140 Å². The second-order valence-corrected chi connectivity index (χ2v) is 12.4. The molecule has 0 bridgehead atoms. The quantitative estimate of drug-likeness (QED) is 0.0821. The van der Waals surface area contributed by atoms with Gasteiger partial charge in [0.1, 0.15) is 18.1 Å². The molecular formula is C43H48N2O6. The van der Waals surface area contributed by atoms with E-state index in [9.17, 15) is 24.9 Å². The number of hydrogen-bond acceptors (Lipinski definition) is 6. The smallest absolute Gasteiger partial charge is 0.220 e. The van der Waals surface area contributed by atoms with Gasteiger partial charge >= 0.3 is 0 Å². The number of benzene rings is 5. The number of carbonyl (C=O) groups excluding carboxylic acids is 2. The van der Waals surface area contributed by atoms with Gasteiger partial charge in [-0.05, 0) is 77.8 Å².